The summed E-state index contributed by atoms with van der Waals surface area (Å²) < 4.78 is 7.26. The summed E-state index contributed by atoms with van der Waals surface area (Å²) in [6.45, 7) is 11.0. The highest BCUT2D eigenvalue weighted by Crippen LogP contribution is 2.29. The fraction of sp³-hybridized carbons (Fsp3) is 0.812. The number of likely N-dealkylation sites (tertiary alicyclic amines) is 1. The van der Waals surface area contributed by atoms with Gasteiger partial charge in [-0.3, -0.25) is 4.68 Å². The molecule has 1 aromatic heterocycles. The lowest BCUT2D eigenvalue weighted by Gasteiger charge is -2.41. The van der Waals surface area contributed by atoms with E-state index in [0.717, 1.165) is 44.7 Å². The predicted octanol–water partition coefficient (Wildman–Crippen LogP) is 1.94. The first-order valence-electron chi connectivity index (χ1n) is 8.21. The maximum Gasteiger partial charge on any atom is 0.410 e. The number of amides is 1. The van der Waals surface area contributed by atoms with Gasteiger partial charge in [-0.25, -0.2) is 4.79 Å². The summed E-state index contributed by atoms with van der Waals surface area (Å²) in [5.41, 5.74) is 0.657. The number of ether oxygens (including phenoxy) is 1. The fourth-order valence-electron chi connectivity index (χ4n) is 2.91. The molecule has 0 aromatic carbocycles. The van der Waals surface area contributed by atoms with E-state index in [9.17, 15) is 4.79 Å². The maximum absolute atomic E-state index is 12.3. The Morgan fingerprint density at radius 2 is 2.22 bits per heavy atom. The molecule has 0 radical (unpaired) electrons. The second-order valence-corrected chi connectivity index (χ2v) is 7.77. The third-order valence-electron chi connectivity index (χ3n) is 4.10. The van der Waals surface area contributed by atoms with Crippen molar-refractivity contribution >= 4 is 6.09 Å². The summed E-state index contributed by atoms with van der Waals surface area (Å²) in [5.74, 6) is 0. The molecule has 1 N–H and O–H groups in total. The van der Waals surface area contributed by atoms with E-state index in [1.807, 2.05) is 32.7 Å². The number of aryl methyl sites for hydroxylation is 1. The first kappa shape index (κ1) is 17.7. The molecule has 1 aromatic rings. The van der Waals surface area contributed by atoms with Gasteiger partial charge in [0.25, 0.3) is 0 Å². The van der Waals surface area contributed by atoms with Gasteiger partial charge >= 0.3 is 6.09 Å². The maximum atomic E-state index is 12.3. The van der Waals surface area contributed by atoms with Gasteiger partial charge in [-0.1, -0.05) is 12.1 Å². The average Bonchev–Trinajstić information content (AvgIpc) is 2.82. The topological polar surface area (TPSA) is 72.3 Å². The van der Waals surface area contributed by atoms with E-state index in [0.29, 0.717) is 0 Å². The van der Waals surface area contributed by atoms with Gasteiger partial charge < -0.3 is 15.0 Å². The molecule has 2 heterocycles. The van der Waals surface area contributed by atoms with Gasteiger partial charge in [0.05, 0.1) is 11.9 Å². The Morgan fingerprint density at radius 1 is 1.48 bits per heavy atom. The zero-order chi connectivity index (χ0) is 17.1. The first-order chi connectivity index (χ1) is 10.7. The standard InChI is InChI=1S/C16H29N5O2/c1-15(2,3)23-14(22)21-8-6-7-16(4,12-21)11-17-9-13-10-18-19-20(13)5/h10,17H,6-9,11-12H2,1-5H3. The molecule has 1 aliphatic heterocycles. The van der Waals surface area contributed by atoms with Crippen LogP contribution in [0.4, 0.5) is 4.79 Å². The van der Waals surface area contributed by atoms with Crippen LogP contribution in [0, 0.1) is 5.41 Å². The Bertz CT molecular complexity index is 537. The van der Waals surface area contributed by atoms with Crippen molar-refractivity contribution in [1.82, 2.24) is 25.2 Å². The Balaban J connectivity index is 1.86. The van der Waals surface area contributed by atoms with Crippen LogP contribution < -0.4 is 5.32 Å². The van der Waals surface area contributed by atoms with Crippen molar-refractivity contribution in [3.05, 3.63) is 11.9 Å². The van der Waals surface area contributed by atoms with Crippen molar-refractivity contribution < 1.29 is 9.53 Å². The summed E-state index contributed by atoms with van der Waals surface area (Å²) >= 11 is 0. The van der Waals surface area contributed by atoms with Crippen LogP contribution in [-0.4, -0.2) is 51.2 Å². The lowest BCUT2D eigenvalue weighted by Crippen LogP contribution is -2.50. The molecule has 1 atom stereocenters. The van der Waals surface area contributed by atoms with E-state index in [1.54, 1.807) is 10.9 Å². The predicted molar refractivity (Wildman–Crippen MR) is 87.9 cm³/mol. The van der Waals surface area contributed by atoms with Gasteiger partial charge in [-0.2, -0.15) is 0 Å². The van der Waals surface area contributed by atoms with Crippen molar-refractivity contribution in [2.24, 2.45) is 12.5 Å². The molecule has 2 rings (SSSR count). The molecule has 0 aliphatic carbocycles. The van der Waals surface area contributed by atoms with Crippen molar-refractivity contribution in [1.29, 1.82) is 0 Å². The Labute approximate surface area is 138 Å². The molecule has 1 saturated heterocycles. The molecule has 7 nitrogen and oxygen atoms in total. The van der Waals surface area contributed by atoms with Crippen molar-refractivity contribution in [3.63, 3.8) is 0 Å². The van der Waals surface area contributed by atoms with Gasteiger partial charge in [0.15, 0.2) is 0 Å². The Kier molecular flexibility index (Phi) is 5.29. The molecular formula is C16H29N5O2. The third kappa shape index (κ3) is 5.20. The average molecular weight is 323 g/mol. The normalized spacial score (nSPS) is 22.2. The van der Waals surface area contributed by atoms with E-state index in [1.165, 1.54) is 0 Å². The highest BCUT2D eigenvalue weighted by atomic mass is 16.6. The summed E-state index contributed by atoms with van der Waals surface area (Å²) in [5, 5.41) is 11.3. The number of nitrogens with zero attached hydrogens (tertiary/aromatic N) is 4. The van der Waals surface area contributed by atoms with E-state index in [-0.39, 0.29) is 11.5 Å². The largest absolute Gasteiger partial charge is 0.444 e. The highest BCUT2D eigenvalue weighted by Gasteiger charge is 2.34. The second-order valence-electron chi connectivity index (χ2n) is 7.77. The van der Waals surface area contributed by atoms with E-state index < -0.39 is 5.60 Å². The van der Waals surface area contributed by atoms with E-state index >= 15 is 0 Å². The fourth-order valence-corrected chi connectivity index (χ4v) is 2.91. The number of carbonyl (C=O) groups excluding carboxylic acids is 1. The first-order valence-corrected chi connectivity index (χ1v) is 8.21. The summed E-state index contributed by atoms with van der Waals surface area (Å²) in [6, 6.07) is 0. The molecule has 1 aliphatic rings. The highest BCUT2D eigenvalue weighted by molar-refractivity contribution is 5.68. The zero-order valence-electron chi connectivity index (χ0n) is 14.9. The van der Waals surface area contributed by atoms with Gasteiger partial charge in [-0.15, -0.1) is 5.10 Å². The van der Waals surface area contributed by atoms with Crippen molar-refractivity contribution in [3.8, 4) is 0 Å². The Hall–Kier alpha value is -1.63. The van der Waals surface area contributed by atoms with Crippen LogP contribution in [0.1, 0.15) is 46.2 Å². The van der Waals surface area contributed by atoms with E-state index in [2.05, 4.69) is 22.6 Å². The SMILES string of the molecule is Cn1nncc1CNCC1(C)CCCN(C(=O)OC(C)(C)C)C1. The molecule has 23 heavy (non-hydrogen) atoms. The minimum atomic E-state index is -0.449. The molecule has 0 spiro atoms. The summed E-state index contributed by atoms with van der Waals surface area (Å²) in [6.07, 6.45) is 3.66. The molecular weight excluding hydrogens is 294 g/mol. The summed E-state index contributed by atoms with van der Waals surface area (Å²) in [4.78, 5) is 14.1. The number of nitrogens with one attached hydrogen (secondary N) is 1. The molecule has 0 bridgehead atoms. The van der Waals surface area contributed by atoms with Gasteiger partial charge in [0, 0.05) is 33.2 Å². The van der Waals surface area contributed by atoms with Crippen molar-refractivity contribution in [2.75, 3.05) is 19.6 Å². The van der Waals surface area contributed by atoms with Gasteiger partial charge in [0.2, 0.25) is 0 Å². The molecule has 1 amide bonds. The van der Waals surface area contributed by atoms with Crippen LogP contribution >= 0.6 is 0 Å². The van der Waals surface area contributed by atoms with E-state index in [4.69, 9.17) is 4.74 Å². The quantitative estimate of drug-likeness (QED) is 0.917. The lowest BCUT2D eigenvalue weighted by atomic mass is 9.82. The van der Waals surface area contributed by atoms with Crippen LogP contribution in [0.5, 0.6) is 0 Å². The number of carbonyl (C=O) groups is 1. The van der Waals surface area contributed by atoms with Gasteiger partial charge in [-0.05, 0) is 39.0 Å². The number of hydrogen-bond donors (Lipinski definition) is 1. The number of rotatable bonds is 4. The summed E-state index contributed by atoms with van der Waals surface area (Å²) in [7, 11) is 1.89. The Morgan fingerprint density at radius 3 is 2.83 bits per heavy atom. The number of hydrogen-bond acceptors (Lipinski definition) is 5. The number of aromatic nitrogens is 3. The molecule has 0 saturated carbocycles. The molecule has 1 fully saturated rings. The lowest BCUT2D eigenvalue weighted by molar-refractivity contribution is 0.00674. The van der Waals surface area contributed by atoms with Crippen molar-refractivity contribution in [2.45, 2.75) is 52.7 Å². The minimum absolute atomic E-state index is 0.0567. The minimum Gasteiger partial charge on any atom is -0.444 e. The van der Waals surface area contributed by atoms with Crippen LogP contribution in [0.2, 0.25) is 0 Å². The molecule has 7 heteroatoms. The monoisotopic (exact) mass is 323 g/mol. The van der Waals surface area contributed by atoms with Crippen LogP contribution in [0.3, 0.4) is 0 Å². The smallest absolute Gasteiger partial charge is 0.410 e. The second kappa shape index (κ2) is 6.86. The zero-order valence-corrected chi connectivity index (χ0v) is 14.9. The third-order valence-corrected chi connectivity index (χ3v) is 4.10. The van der Waals surface area contributed by atoms with Crippen LogP contribution in [0.25, 0.3) is 0 Å². The molecule has 1 unspecified atom stereocenters. The van der Waals surface area contributed by atoms with Gasteiger partial charge in [0.1, 0.15) is 5.60 Å². The van der Waals surface area contributed by atoms with Crippen LogP contribution in [0.15, 0.2) is 6.20 Å². The van der Waals surface area contributed by atoms with Crippen LogP contribution in [-0.2, 0) is 18.3 Å². The molecule has 130 valence electrons. The number of piperidine rings is 1.